The van der Waals surface area contributed by atoms with E-state index in [4.69, 9.17) is 4.74 Å². The summed E-state index contributed by atoms with van der Waals surface area (Å²) in [5, 5.41) is 3.45. The smallest absolute Gasteiger partial charge is 0.378 e. The molecule has 1 aromatic carbocycles. The SMILES string of the molecule is FC(F)(F)c1cn2c(n1)CCC(CNCc1ccc(N3CCOCC3)cc1)C2. The van der Waals surface area contributed by atoms with Gasteiger partial charge < -0.3 is 19.5 Å². The number of alkyl halides is 3. The minimum Gasteiger partial charge on any atom is -0.378 e. The van der Waals surface area contributed by atoms with Crippen molar-refractivity contribution in [3.8, 4) is 0 Å². The van der Waals surface area contributed by atoms with Crippen LogP contribution in [0.25, 0.3) is 0 Å². The van der Waals surface area contributed by atoms with Crippen LogP contribution in [-0.4, -0.2) is 42.4 Å². The van der Waals surface area contributed by atoms with Gasteiger partial charge in [0.15, 0.2) is 5.69 Å². The molecule has 0 bridgehead atoms. The number of benzene rings is 1. The third-order valence-corrected chi connectivity index (χ3v) is 5.46. The van der Waals surface area contributed by atoms with E-state index >= 15 is 0 Å². The van der Waals surface area contributed by atoms with E-state index in [-0.39, 0.29) is 0 Å². The third kappa shape index (κ3) is 4.50. The number of hydrogen-bond acceptors (Lipinski definition) is 4. The lowest BCUT2D eigenvalue weighted by molar-refractivity contribution is -0.141. The average molecular weight is 394 g/mol. The Morgan fingerprint density at radius 1 is 1.14 bits per heavy atom. The van der Waals surface area contributed by atoms with E-state index in [0.29, 0.717) is 24.7 Å². The topological polar surface area (TPSA) is 42.3 Å². The van der Waals surface area contributed by atoms with Crippen LogP contribution in [0.2, 0.25) is 0 Å². The molecule has 1 N–H and O–H groups in total. The molecule has 8 heteroatoms. The van der Waals surface area contributed by atoms with Gasteiger partial charge in [-0.1, -0.05) is 12.1 Å². The number of aromatic nitrogens is 2. The fourth-order valence-electron chi connectivity index (χ4n) is 3.88. The standard InChI is InChI=1S/C20H25F3N4O/c21-20(22,23)18-14-27-13-16(3-6-19(27)25-18)12-24-11-15-1-4-17(5-2-15)26-7-9-28-10-8-26/h1-2,4-5,14,16,24H,3,6-13H2. The highest BCUT2D eigenvalue weighted by Crippen LogP contribution is 2.30. The van der Waals surface area contributed by atoms with Gasteiger partial charge in [0, 0.05) is 44.5 Å². The van der Waals surface area contributed by atoms with Gasteiger partial charge in [-0.2, -0.15) is 13.2 Å². The average Bonchev–Trinajstić information content (AvgIpc) is 3.13. The van der Waals surface area contributed by atoms with Crippen LogP contribution in [0.4, 0.5) is 18.9 Å². The molecule has 1 fully saturated rings. The monoisotopic (exact) mass is 394 g/mol. The fraction of sp³-hybridized carbons (Fsp3) is 0.550. The quantitative estimate of drug-likeness (QED) is 0.846. The van der Waals surface area contributed by atoms with Crippen molar-refractivity contribution in [3.63, 3.8) is 0 Å². The Balaban J connectivity index is 1.26. The first-order chi connectivity index (χ1) is 13.5. The molecule has 4 rings (SSSR count). The second-order valence-electron chi connectivity index (χ2n) is 7.49. The van der Waals surface area contributed by atoms with Crippen molar-refractivity contribution in [2.24, 2.45) is 5.92 Å². The normalized spacial score (nSPS) is 20.2. The summed E-state index contributed by atoms with van der Waals surface area (Å²) in [7, 11) is 0. The van der Waals surface area contributed by atoms with Gasteiger partial charge in [-0.05, 0) is 36.6 Å². The highest BCUT2D eigenvalue weighted by Gasteiger charge is 2.35. The number of ether oxygens (including phenoxy) is 1. The van der Waals surface area contributed by atoms with Crippen LogP contribution in [0.15, 0.2) is 30.5 Å². The zero-order chi connectivity index (χ0) is 19.6. The van der Waals surface area contributed by atoms with Gasteiger partial charge in [-0.25, -0.2) is 4.98 Å². The van der Waals surface area contributed by atoms with Crippen molar-refractivity contribution in [3.05, 3.63) is 47.5 Å². The van der Waals surface area contributed by atoms with Gasteiger partial charge in [0.1, 0.15) is 5.82 Å². The molecule has 0 saturated carbocycles. The van der Waals surface area contributed by atoms with E-state index in [1.54, 1.807) is 4.57 Å². The lowest BCUT2D eigenvalue weighted by Crippen LogP contribution is -2.36. The number of halogens is 3. The molecule has 0 radical (unpaired) electrons. The highest BCUT2D eigenvalue weighted by molar-refractivity contribution is 5.47. The second kappa shape index (κ2) is 8.13. The van der Waals surface area contributed by atoms with Gasteiger partial charge in [-0.3, -0.25) is 0 Å². The summed E-state index contributed by atoms with van der Waals surface area (Å²) < 4.78 is 45.5. The predicted octanol–water partition coefficient (Wildman–Crippen LogP) is 3.09. The minimum atomic E-state index is -4.37. The molecule has 0 amide bonds. The van der Waals surface area contributed by atoms with Crippen molar-refractivity contribution in [1.29, 1.82) is 0 Å². The molecule has 2 aromatic rings. The molecule has 28 heavy (non-hydrogen) atoms. The van der Waals surface area contributed by atoms with E-state index in [1.807, 2.05) is 0 Å². The summed E-state index contributed by atoms with van der Waals surface area (Å²) in [5.41, 5.74) is 1.64. The highest BCUT2D eigenvalue weighted by atomic mass is 19.4. The Labute approximate surface area is 162 Å². The number of hydrogen-bond donors (Lipinski definition) is 1. The molecule has 152 valence electrons. The van der Waals surface area contributed by atoms with E-state index in [9.17, 15) is 13.2 Å². The number of anilines is 1. The summed E-state index contributed by atoms with van der Waals surface area (Å²) in [6, 6.07) is 8.53. The largest absolute Gasteiger partial charge is 0.434 e. The van der Waals surface area contributed by atoms with Crippen LogP contribution in [0.3, 0.4) is 0 Å². The van der Waals surface area contributed by atoms with Crippen molar-refractivity contribution >= 4 is 5.69 Å². The lowest BCUT2D eigenvalue weighted by Gasteiger charge is -2.29. The number of nitrogens with one attached hydrogen (secondary N) is 1. The fourth-order valence-corrected chi connectivity index (χ4v) is 3.88. The molecule has 1 atom stereocenters. The molecule has 2 aliphatic rings. The van der Waals surface area contributed by atoms with Gasteiger partial charge in [0.05, 0.1) is 13.2 Å². The summed E-state index contributed by atoms with van der Waals surface area (Å²) in [6.07, 6.45) is -1.77. The Hall–Kier alpha value is -2.06. The van der Waals surface area contributed by atoms with Gasteiger partial charge in [-0.15, -0.1) is 0 Å². The zero-order valence-corrected chi connectivity index (χ0v) is 15.7. The van der Waals surface area contributed by atoms with E-state index in [1.165, 1.54) is 11.3 Å². The van der Waals surface area contributed by atoms with Crippen LogP contribution in [0.1, 0.15) is 23.5 Å². The predicted molar refractivity (Wildman–Crippen MR) is 100 cm³/mol. The van der Waals surface area contributed by atoms with Crippen LogP contribution in [0.5, 0.6) is 0 Å². The molecule has 1 aromatic heterocycles. The Bertz CT molecular complexity index is 782. The number of nitrogens with zero attached hydrogens (tertiary/aromatic N) is 3. The van der Waals surface area contributed by atoms with Crippen molar-refractivity contribution in [2.45, 2.75) is 32.1 Å². The molecule has 3 heterocycles. The van der Waals surface area contributed by atoms with E-state index in [0.717, 1.165) is 52.0 Å². The maximum Gasteiger partial charge on any atom is 0.434 e. The molecule has 2 aliphatic heterocycles. The maximum atomic E-state index is 12.8. The van der Waals surface area contributed by atoms with E-state index in [2.05, 4.69) is 39.5 Å². The number of morpholine rings is 1. The summed E-state index contributed by atoms with van der Waals surface area (Å²) >= 11 is 0. The number of aryl methyl sites for hydroxylation is 1. The minimum absolute atomic E-state index is 0.315. The summed E-state index contributed by atoms with van der Waals surface area (Å²) in [5.74, 6) is 0.859. The molecular weight excluding hydrogens is 369 g/mol. The summed E-state index contributed by atoms with van der Waals surface area (Å²) in [6.45, 7) is 5.51. The Morgan fingerprint density at radius 2 is 1.89 bits per heavy atom. The van der Waals surface area contributed by atoms with Crippen molar-refractivity contribution in [1.82, 2.24) is 14.9 Å². The molecule has 1 unspecified atom stereocenters. The Kier molecular flexibility index (Phi) is 5.59. The van der Waals surface area contributed by atoms with Gasteiger partial charge in [0.2, 0.25) is 0 Å². The van der Waals surface area contributed by atoms with Crippen LogP contribution >= 0.6 is 0 Å². The first-order valence-corrected chi connectivity index (χ1v) is 9.74. The van der Waals surface area contributed by atoms with Crippen LogP contribution in [0, 0.1) is 5.92 Å². The number of fused-ring (bicyclic) bond motifs is 1. The van der Waals surface area contributed by atoms with Gasteiger partial charge in [0.25, 0.3) is 0 Å². The second-order valence-corrected chi connectivity index (χ2v) is 7.49. The molecular formula is C20H25F3N4O. The van der Waals surface area contributed by atoms with E-state index < -0.39 is 11.9 Å². The van der Waals surface area contributed by atoms with Crippen molar-refractivity contribution in [2.75, 3.05) is 37.7 Å². The molecule has 0 aliphatic carbocycles. The van der Waals surface area contributed by atoms with Crippen LogP contribution in [-0.2, 0) is 30.4 Å². The molecule has 1 saturated heterocycles. The first-order valence-electron chi connectivity index (χ1n) is 9.74. The lowest BCUT2D eigenvalue weighted by atomic mass is 9.99. The molecule has 0 spiro atoms. The summed E-state index contributed by atoms with van der Waals surface area (Å²) in [4.78, 5) is 6.06. The van der Waals surface area contributed by atoms with Crippen LogP contribution < -0.4 is 10.2 Å². The molecule has 5 nitrogen and oxygen atoms in total. The first kappa shape index (κ1) is 19.3. The maximum absolute atomic E-state index is 12.8. The van der Waals surface area contributed by atoms with Crippen molar-refractivity contribution < 1.29 is 17.9 Å². The number of rotatable bonds is 5. The van der Waals surface area contributed by atoms with Gasteiger partial charge >= 0.3 is 6.18 Å². The Morgan fingerprint density at radius 3 is 2.61 bits per heavy atom. The number of imidazole rings is 1. The third-order valence-electron chi connectivity index (χ3n) is 5.46. The zero-order valence-electron chi connectivity index (χ0n) is 15.7.